The molecule has 1 aliphatic rings. The zero-order valence-electron chi connectivity index (χ0n) is 65.6. The van der Waals surface area contributed by atoms with Crippen molar-refractivity contribution in [3.63, 3.8) is 0 Å². The third-order valence-corrected chi connectivity index (χ3v) is 19.5. The van der Waals surface area contributed by atoms with E-state index in [4.69, 9.17) is 79.3 Å². The summed E-state index contributed by atoms with van der Waals surface area (Å²) in [5, 5.41) is 22.4. The van der Waals surface area contributed by atoms with Gasteiger partial charge in [0.25, 0.3) is 0 Å². The molecule has 0 radical (unpaired) electrons. The molecule has 570 valence electrons. The molecule has 0 aromatic heterocycles. The fraction of sp³-hybridized carbons (Fsp3) is 0.367. The standard InChI is InChI=1S/C90H108N6O9S3/c1-16-100-34-37-103-82-64-40-58-46-70(88(4,5)6)48-60(79(58)97-13)42-66-54-77(95-86(107)92-74-30-24-20-25-31-74)56-68(83(66)104-38-35-101-17-2)44-62-50-72(90(10,11)12)51-63(81(62)99-15)45-69-57-78(96-87(108)93-75-32-26-21-27-33-75)55-67(84(69)105-39-36-102-18-3)43-61-49-71(89(7,8)9)47-59(80(61)98-14)41-65(82)53-76(52-64)94-85(106)91-73-28-22-19-23-29-73/h19-33,46-57H,16-18,34-45H2,1-15H3,(H2,91,94,106)(H2,92,95,107)(H2,93,96,108). The second kappa shape index (κ2) is 37.7. The van der Waals surface area contributed by atoms with Crippen LogP contribution in [0.3, 0.4) is 0 Å². The van der Waals surface area contributed by atoms with Crippen molar-refractivity contribution < 1.29 is 42.6 Å². The summed E-state index contributed by atoms with van der Waals surface area (Å²) in [6, 6.07) is 56.5. The molecule has 9 aromatic carbocycles. The van der Waals surface area contributed by atoms with Crippen LogP contribution in [0.25, 0.3) is 0 Å². The number of para-hydroxylation sites is 3. The lowest BCUT2D eigenvalue weighted by Crippen LogP contribution is -2.20. The molecular weight excluding hydrogens is 1410 g/mol. The monoisotopic (exact) mass is 1510 g/mol. The summed E-state index contributed by atoms with van der Waals surface area (Å²) in [7, 11) is 5.29. The van der Waals surface area contributed by atoms with Gasteiger partial charge in [0.15, 0.2) is 15.3 Å². The van der Waals surface area contributed by atoms with Gasteiger partial charge in [0.2, 0.25) is 0 Å². The van der Waals surface area contributed by atoms with Crippen molar-refractivity contribution in [2.45, 2.75) is 138 Å². The van der Waals surface area contributed by atoms with Gasteiger partial charge < -0.3 is 74.5 Å². The van der Waals surface area contributed by atoms with Crippen LogP contribution in [-0.4, -0.2) is 96.1 Å². The average Bonchev–Trinajstić information content (AvgIpc) is 0.784. The number of hydrogen-bond acceptors (Lipinski definition) is 12. The number of methoxy groups -OCH3 is 3. The SMILES string of the molecule is CCOCCOc1c2cc(NC(=S)Nc3ccccc3)cc1Cc1cc(C(C)(C)C)cc(c1OC)Cc1cc(NC(=S)Nc3ccccc3)cc(c1OCCOCC)Cc1cc(C(C)(C)C)cc(c1OC)Cc1cc(NC(=S)Nc3ccccc3)cc(c1OCCOCC)Cc1cc(C(C)(C)C)cc(c1OC)C2. The molecule has 12 bridgehead atoms. The molecule has 10 rings (SSSR count). The van der Waals surface area contributed by atoms with E-state index >= 15 is 0 Å². The smallest absolute Gasteiger partial charge is 0.175 e. The normalized spacial score (nSPS) is 12.4. The largest absolute Gasteiger partial charge is 0.496 e. The van der Waals surface area contributed by atoms with Crippen LogP contribution in [0.2, 0.25) is 0 Å². The summed E-state index contributed by atoms with van der Waals surface area (Å²) < 4.78 is 60.2. The number of benzene rings is 9. The molecule has 9 aromatic rings. The van der Waals surface area contributed by atoms with Gasteiger partial charge in [-0.05, 0) is 197 Å². The molecule has 15 nitrogen and oxygen atoms in total. The average molecular weight is 1510 g/mol. The quantitative estimate of drug-likeness (QED) is 0.0251. The highest BCUT2D eigenvalue weighted by Gasteiger charge is 2.30. The molecule has 0 unspecified atom stereocenters. The van der Waals surface area contributed by atoms with Crippen molar-refractivity contribution in [1.82, 2.24) is 0 Å². The van der Waals surface area contributed by atoms with Crippen LogP contribution in [0.1, 0.15) is 167 Å². The molecule has 0 heterocycles. The number of rotatable bonds is 24. The fourth-order valence-electron chi connectivity index (χ4n) is 13.7. The lowest BCUT2D eigenvalue weighted by Gasteiger charge is -2.27. The Balaban J connectivity index is 1.31. The van der Waals surface area contributed by atoms with Gasteiger partial charge in [0.1, 0.15) is 54.3 Å². The van der Waals surface area contributed by atoms with E-state index in [2.05, 4.69) is 167 Å². The van der Waals surface area contributed by atoms with E-state index < -0.39 is 0 Å². The highest BCUT2D eigenvalue weighted by atomic mass is 32.1. The van der Waals surface area contributed by atoms with Crippen molar-refractivity contribution in [2.24, 2.45) is 0 Å². The van der Waals surface area contributed by atoms with E-state index in [1.807, 2.05) is 112 Å². The number of anilines is 6. The molecule has 1 aliphatic carbocycles. The Bertz CT molecular complexity index is 3970. The molecule has 0 amide bonds. The first kappa shape index (κ1) is 81.3. The molecule has 6 N–H and O–H groups in total. The highest BCUT2D eigenvalue weighted by molar-refractivity contribution is 7.81. The van der Waals surface area contributed by atoms with E-state index in [1.54, 1.807) is 21.3 Å². The Labute approximate surface area is 656 Å². The van der Waals surface area contributed by atoms with Crippen LogP contribution >= 0.6 is 36.7 Å². The van der Waals surface area contributed by atoms with Gasteiger partial charge in [0, 0.05) is 126 Å². The molecular formula is C90H108N6O9S3. The van der Waals surface area contributed by atoms with Gasteiger partial charge in [-0.2, -0.15) is 0 Å². The summed E-state index contributed by atoms with van der Waals surface area (Å²) in [6.45, 7) is 29.8. The third-order valence-electron chi connectivity index (χ3n) is 18.9. The van der Waals surface area contributed by atoms with Crippen LogP contribution in [0.5, 0.6) is 34.5 Å². The van der Waals surface area contributed by atoms with Gasteiger partial charge >= 0.3 is 0 Å². The van der Waals surface area contributed by atoms with Crippen molar-refractivity contribution in [1.29, 1.82) is 0 Å². The maximum Gasteiger partial charge on any atom is 0.175 e. The minimum Gasteiger partial charge on any atom is -0.496 e. The molecule has 0 spiro atoms. The van der Waals surface area contributed by atoms with Gasteiger partial charge in [-0.3, -0.25) is 0 Å². The first-order valence-corrected chi connectivity index (χ1v) is 38.7. The summed E-state index contributed by atoms with van der Waals surface area (Å²) in [5.74, 6) is 4.31. The molecule has 0 saturated heterocycles. The van der Waals surface area contributed by atoms with E-state index in [1.165, 1.54) is 0 Å². The van der Waals surface area contributed by atoms with Crippen LogP contribution in [0.15, 0.2) is 164 Å². The molecule has 108 heavy (non-hydrogen) atoms. The number of ether oxygens (including phenoxy) is 9. The molecule has 18 heteroatoms. The number of thiocarbonyl (C=S) groups is 3. The Hall–Kier alpha value is -9.27. The van der Waals surface area contributed by atoms with E-state index in [0.29, 0.717) is 111 Å². The molecule has 0 fully saturated rings. The Morgan fingerprint density at radius 1 is 0.278 bits per heavy atom. The minimum absolute atomic E-state index is 0.280. The summed E-state index contributed by atoms with van der Waals surface area (Å²) in [5.41, 5.74) is 18.3. The lowest BCUT2D eigenvalue weighted by molar-refractivity contribution is 0.109. The zero-order valence-corrected chi connectivity index (χ0v) is 68.0. The van der Waals surface area contributed by atoms with Crippen LogP contribution in [-0.2, 0) is 69.0 Å². The van der Waals surface area contributed by atoms with Gasteiger partial charge in [-0.25, -0.2) is 0 Å². The molecule has 0 aliphatic heterocycles. The second-order valence-corrected chi connectivity index (χ2v) is 31.4. The predicted molar refractivity (Wildman–Crippen MR) is 456 cm³/mol. The highest BCUT2D eigenvalue weighted by Crippen LogP contribution is 2.46. The van der Waals surface area contributed by atoms with Crippen molar-refractivity contribution in [2.75, 3.05) is 113 Å². The van der Waals surface area contributed by atoms with Gasteiger partial charge in [0.05, 0.1) is 41.2 Å². The minimum atomic E-state index is -0.320. The number of hydrogen-bond donors (Lipinski definition) is 6. The lowest BCUT2D eigenvalue weighted by atomic mass is 9.81. The van der Waals surface area contributed by atoms with Gasteiger partial charge in [-0.1, -0.05) is 153 Å². The summed E-state index contributed by atoms with van der Waals surface area (Å²) in [6.07, 6.45) is 2.30. The van der Waals surface area contributed by atoms with Crippen LogP contribution in [0, 0.1) is 0 Å². The van der Waals surface area contributed by atoms with E-state index in [-0.39, 0.29) is 36.1 Å². The van der Waals surface area contributed by atoms with E-state index in [9.17, 15) is 0 Å². The van der Waals surface area contributed by atoms with Crippen LogP contribution in [0.4, 0.5) is 34.1 Å². The van der Waals surface area contributed by atoms with Crippen molar-refractivity contribution in [3.05, 3.63) is 247 Å². The van der Waals surface area contributed by atoms with Crippen LogP contribution < -0.4 is 60.3 Å². The zero-order chi connectivity index (χ0) is 77.1. The van der Waals surface area contributed by atoms with Crippen molar-refractivity contribution >= 4 is 86.1 Å². The van der Waals surface area contributed by atoms with Gasteiger partial charge in [-0.15, -0.1) is 0 Å². The fourth-order valence-corrected chi connectivity index (χ4v) is 14.4. The third kappa shape index (κ3) is 22.0. The maximum absolute atomic E-state index is 7.21. The second-order valence-electron chi connectivity index (χ2n) is 30.1. The Kier molecular flexibility index (Phi) is 28.4. The molecule has 0 saturated carbocycles. The Morgan fingerprint density at radius 2 is 0.472 bits per heavy atom. The number of nitrogens with one attached hydrogen (secondary N) is 6. The number of fused-ring (bicyclic) bond motifs is 12. The summed E-state index contributed by atoms with van der Waals surface area (Å²) >= 11 is 18.6. The summed E-state index contributed by atoms with van der Waals surface area (Å²) in [4.78, 5) is 0. The molecule has 0 atom stereocenters. The first-order valence-electron chi connectivity index (χ1n) is 37.4. The first-order chi connectivity index (χ1) is 51.8. The van der Waals surface area contributed by atoms with E-state index in [0.717, 1.165) is 135 Å². The van der Waals surface area contributed by atoms with Crippen molar-refractivity contribution in [3.8, 4) is 34.5 Å². The topological polar surface area (TPSA) is 155 Å². The maximum atomic E-state index is 7.21. The predicted octanol–water partition coefficient (Wildman–Crippen LogP) is 20.1. The Morgan fingerprint density at radius 3 is 0.657 bits per heavy atom.